The van der Waals surface area contributed by atoms with Crippen molar-refractivity contribution >= 4 is 23.2 Å². The molecule has 0 spiro atoms. The number of nitrogens with zero attached hydrogens (tertiary/aromatic N) is 3. The smallest absolute Gasteiger partial charge is 0.266 e. The largest absolute Gasteiger partial charge is 0.354 e. The van der Waals surface area contributed by atoms with E-state index in [1.54, 1.807) is 37.4 Å². The number of piperidine rings is 1. The molecular weight excluding hydrogens is 332 g/mol. The third kappa shape index (κ3) is 3.99. The molecule has 1 unspecified atom stereocenters. The fourth-order valence-electron chi connectivity index (χ4n) is 3.12. The molecule has 1 fully saturated rings. The summed E-state index contributed by atoms with van der Waals surface area (Å²) in [6, 6.07) is 10.1. The Balaban J connectivity index is 1.69. The molecule has 0 aliphatic carbocycles. The topological polar surface area (TPSA) is 84.3 Å². The predicted octanol–water partition coefficient (Wildman–Crippen LogP) is 1.84. The summed E-state index contributed by atoms with van der Waals surface area (Å²) in [7, 11) is 1.61. The van der Waals surface area contributed by atoms with E-state index in [1.165, 1.54) is 17.7 Å². The van der Waals surface area contributed by atoms with Crippen LogP contribution in [0.15, 0.2) is 41.2 Å². The van der Waals surface area contributed by atoms with E-state index in [9.17, 15) is 14.4 Å². The Morgan fingerprint density at radius 2 is 2.04 bits per heavy atom. The van der Waals surface area contributed by atoms with Gasteiger partial charge in [0.15, 0.2) is 5.78 Å². The summed E-state index contributed by atoms with van der Waals surface area (Å²) >= 11 is 0. The Morgan fingerprint density at radius 1 is 1.23 bits per heavy atom. The summed E-state index contributed by atoms with van der Waals surface area (Å²) in [5.41, 5.74) is 1.04. The highest BCUT2D eigenvalue weighted by atomic mass is 16.2. The number of anilines is 2. The third-order valence-corrected chi connectivity index (χ3v) is 4.60. The van der Waals surface area contributed by atoms with E-state index in [-0.39, 0.29) is 23.2 Å². The van der Waals surface area contributed by atoms with E-state index in [4.69, 9.17) is 0 Å². The summed E-state index contributed by atoms with van der Waals surface area (Å²) in [6.07, 6.45) is 1.66. The quantitative estimate of drug-likeness (QED) is 0.847. The van der Waals surface area contributed by atoms with Crippen molar-refractivity contribution < 1.29 is 9.59 Å². The molecule has 0 bridgehead atoms. The average molecular weight is 354 g/mol. The highest BCUT2D eigenvalue weighted by Gasteiger charge is 2.27. The molecule has 7 nitrogen and oxygen atoms in total. The molecule has 7 heteroatoms. The maximum absolute atomic E-state index is 12.6. The fraction of sp³-hybridized carbons (Fsp3) is 0.368. The minimum atomic E-state index is -0.177. The second-order valence-corrected chi connectivity index (χ2v) is 6.56. The van der Waals surface area contributed by atoms with Crippen molar-refractivity contribution in [3.8, 4) is 0 Å². The number of aromatic nitrogens is 2. The van der Waals surface area contributed by atoms with Crippen LogP contribution >= 0.6 is 0 Å². The molecule has 1 aliphatic rings. The number of carbonyl (C=O) groups excluding carboxylic acids is 2. The zero-order valence-electron chi connectivity index (χ0n) is 14.9. The zero-order valence-corrected chi connectivity index (χ0v) is 14.9. The average Bonchev–Trinajstić information content (AvgIpc) is 2.64. The molecule has 1 atom stereocenters. The van der Waals surface area contributed by atoms with E-state index in [0.717, 1.165) is 19.4 Å². The number of amides is 1. The molecule has 0 saturated carbocycles. The number of Topliss-reactive ketones (excluding diaryl/α,β-unsaturated/α-hetero) is 1. The predicted molar refractivity (Wildman–Crippen MR) is 99.5 cm³/mol. The van der Waals surface area contributed by atoms with Gasteiger partial charge in [-0.2, -0.15) is 5.10 Å². The van der Waals surface area contributed by atoms with Crippen LogP contribution in [-0.2, 0) is 11.8 Å². The van der Waals surface area contributed by atoms with Crippen LogP contribution in [0, 0.1) is 5.92 Å². The van der Waals surface area contributed by atoms with Crippen molar-refractivity contribution in [2.75, 3.05) is 23.3 Å². The van der Waals surface area contributed by atoms with Gasteiger partial charge in [0, 0.05) is 37.5 Å². The van der Waals surface area contributed by atoms with Crippen LogP contribution in [0.25, 0.3) is 0 Å². The minimum absolute atomic E-state index is 0.0364. The van der Waals surface area contributed by atoms with E-state index in [1.807, 2.05) is 4.90 Å². The lowest BCUT2D eigenvalue weighted by Gasteiger charge is -2.32. The number of rotatable bonds is 4. The summed E-state index contributed by atoms with van der Waals surface area (Å²) in [5, 5.41) is 7.17. The molecule has 136 valence electrons. The molecule has 1 aromatic carbocycles. The van der Waals surface area contributed by atoms with Gasteiger partial charge in [-0.25, -0.2) is 4.68 Å². The molecular formula is C19H22N4O3. The van der Waals surface area contributed by atoms with Crippen LogP contribution in [0.2, 0.25) is 0 Å². The second kappa shape index (κ2) is 7.51. The lowest BCUT2D eigenvalue weighted by molar-refractivity contribution is -0.120. The summed E-state index contributed by atoms with van der Waals surface area (Å²) in [6.45, 7) is 2.85. The van der Waals surface area contributed by atoms with Crippen LogP contribution in [0.3, 0.4) is 0 Å². The van der Waals surface area contributed by atoms with Gasteiger partial charge in [0.2, 0.25) is 5.91 Å². The molecule has 2 aromatic rings. The monoisotopic (exact) mass is 354 g/mol. The first kappa shape index (κ1) is 17.8. The number of ketones is 1. The standard InChI is InChI=1S/C19H22N4O3/c1-13(24)14-5-3-7-16(11-14)20-19(26)15-6-4-10-23(12-15)17-8-9-18(25)22(2)21-17/h3,5,7-9,11,15H,4,6,10,12H2,1-2H3,(H,20,26). The summed E-state index contributed by atoms with van der Waals surface area (Å²) in [5.74, 6) is 0.415. The molecule has 1 amide bonds. The highest BCUT2D eigenvalue weighted by molar-refractivity contribution is 5.97. The van der Waals surface area contributed by atoms with Gasteiger partial charge in [-0.1, -0.05) is 12.1 Å². The van der Waals surface area contributed by atoms with Gasteiger partial charge in [0.1, 0.15) is 5.82 Å². The normalized spacial score (nSPS) is 17.0. The van der Waals surface area contributed by atoms with Crippen molar-refractivity contribution in [3.63, 3.8) is 0 Å². The fourth-order valence-corrected chi connectivity index (χ4v) is 3.12. The Kier molecular flexibility index (Phi) is 5.16. The van der Waals surface area contributed by atoms with Crippen molar-refractivity contribution in [2.45, 2.75) is 19.8 Å². The van der Waals surface area contributed by atoms with Crippen molar-refractivity contribution in [3.05, 3.63) is 52.3 Å². The van der Waals surface area contributed by atoms with Gasteiger partial charge in [-0.05, 0) is 38.0 Å². The highest BCUT2D eigenvalue weighted by Crippen LogP contribution is 2.22. The van der Waals surface area contributed by atoms with Crippen LogP contribution in [0.1, 0.15) is 30.1 Å². The Morgan fingerprint density at radius 3 is 2.77 bits per heavy atom. The summed E-state index contributed by atoms with van der Waals surface area (Å²) < 4.78 is 1.30. The van der Waals surface area contributed by atoms with Crippen LogP contribution in [0.4, 0.5) is 11.5 Å². The Bertz CT molecular complexity index is 890. The SMILES string of the molecule is CC(=O)c1cccc(NC(=O)C2CCCN(c3ccc(=O)n(C)n3)C2)c1. The Labute approximate surface area is 151 Å². The summed E-state index contributed by atoms with van der Waals surface area (Å²) in [4.78, 5) is 37.7. The van der Waals surface area contributed by atoms with Gasteiger partial charge >= 0.3 is 0 Å². The maximum atomic E-state index is 12.6. The minimum Gasteiger partial charge on any atom is -0.354 e. The molecule has 0 radical (unpaired) electrons. The Hall–Kier alpha value is -2.96. The van der Waals surface area contributed by atoms with E-state index in [2.05, 4.69) is 10.4 Å². The molecule has 1 aromatic heterocycles. The molecule has 1 N–H and O–H groups in total. The van der Waals surface area contributed by atoms with Crippen LogP contribution < -0.4 is 15.8 Å². The molecule has 1 saturated heterocycles. The van der Waals surface area contributed by atoms with Crippen molar-refractivity contribution in [2.24, 2.45) is 13.0 Å². The first-order valence-electron chi connectivity index (χ1n) is 8.65. The van der Waals surface area contributed by atoms with Crippen molar-refractivity contribution in [1.29, 1.82) is 0 Å². The maximum Gasteiger partial charge on any atom is 0.266 e. The number of hydrogen-bond donors (Lipinski definition) is 1. The number of benzene rings is 1. The lowest BCUT2D eigenvalue weighted by Crippen LogP contribution is -2.41. The number of aryl methyl sites for hydroxylation is 1. The zero-order chi connectivity index (χ0) is 18.7. The molecule has 3 rings (SSSR count). The van der Waals surface area contributed by atoms with Gasteiger partial charge in [0.05, 0.1) is 5.92 Å². The number of hydrogen-bond acceptors (Lipinski definition) is 5. The van der Waals surface area contributed by atoms with Gasteiger partial charge in [-0.15, -0.1) is 0 Å². The van der Waals surface area contributed by atoms with Gasteiger partial charge in [0.25, 0.3) is 5.56 Å². The van der Waals surface area contributed by atoms with Crippen LogP contribution in [0.5, 0.6) is 0 Å². The van der Waals surface area contributed by atoms with E-state index in [0.29, 0.717) is 23.6 Å². The molecule has 26 heavy (non-hydrogen) atoms. The van der Waals surface area contributed by atoms with E-state index >= 15 is 0 Å². The molecule has 2 heterocycles. The molecule has 1 aliphatic heterocycles. The van der Waals surface area contributed by atoms with Gasteiger partial charge < -0.3 is 10.2 Å². The third-order valence-electron chi connectivity index (χ3n) is 4.60. The first-order valence-corrected chi connectivity index (χ1v) is 8.65. The number of carbonyl (C=O) groups is 2. The van der Waals surface area contributed by atoms with Crippen LogP contribution in [-0.4, -0.2) is 34.6 Å². The second-order valence-electron chi connectivity index (χ2n) is 6.56. The van der Waals surface area contributed by atoms with Gasteiger partial charge in [-0.3, -0.25) is 14.4 Å². The first-order chi connectivity index (χ1) is 12.4. The lowest BCUT2D eigenvalue weighted by atomic mass is 9.97. The number of nitrogens with one attached hydrogen (secondary N) is 1. The van der Waals surface area contributed by atoms with E-state index < -0.39 is 0 Å². The van der Waals surface area contributed by atoms with Crippen molar-refractivity contribution in [1.82, 2.24) is 9.78 Å².